The summed E-state index contributed by atoms with van der Waals surface area (Å²) >= 11 is 0. The van der Waals surface area contributed by atoms with Gasteiger partial charge in [0.25, 0.3) is 0 Å². The molecule has 1 aliphatic heterocycles. The van der Waals surface area contributed by atoms with Crippen LogP contribution in [-0.2, 0) is 9.59 Å². The van der Waals surface area contributed by atoms with E-state index < -0.39 is 12.0 Å². The summed E-state index contributed by atoms with van der Waals surface area (Å²) in [6.07, 6.45) is 3.87. The maximum atomic E-state index is 11.6. The minimum Gasteiger partial charge on any atom is -0.480 e. The maximum Gasteiger partial charge on any atom is 0.320 e. The third-order valence-electron chi connectivity index (χ3n) is 2.94. The summed E-state index contributed by atoms with van der Waals surface area (Å²) in [5, 5.41) is 14.5. The van der Waals surface area contributed by atoms with Gasteiger partial charge in [0.1, 0.15) is 6.04 Å². The van der Waals surface area contributed by atoms with Crippen LogP contribution in [0.2, 0.25) is 0 Å². The molecule has 2 atom stereocenters. The lowest BCUT2D eigenvalue weighted by atomic mass is 10.1. The van der Waals surface area contributed by atoms with E-state index in [2.05, 4.69) is 10.6 Å². The molecule has 1 saturated heterocycles. The van der Waals surface area contributed by atoms with Crippen molar-refractivity contribution in [3.8, 4) is 0 Å². The van der Waals surface area contributed by atoms with Crippen LogP contribution >= 0.6 is 0 Å². The molecule has 1 amide bonds. The van der Waals surface area contributed by atoms with Crippen molar-refractivity contribution in [2.45, 2.75) is 44.2 Å². The van der Waals surface area contributed by atoms with Crippen molar-refractivity contribution in [3.05, 3.63) is 0 Å². The molecule has 1 heterocycles. The zero-order valence-electron chi connectivity index (χ0n) is 9.95. The predicted molar refractivity (Wildman–Crippen MR) is 63.5 cm³/mol. The highest BCUT2D eigenvalue weighted by molar-refractivity contribution is 5.81. The molecule has 0 aromatic rings. The molecule has 5 N–H and O–H groups in total. The maximum absolute atomic E-state index is 11.6. The predicted octanol–water partition coefficient (Wildman–Crippen LogP) is -0.563. The van der Waals surface area contributed by atoms with E-state index in [-0.39, 0.29) is 11.9 Å². The summed E-state index contributed by atoms with van der Waals surface area (Å²) in [5.74, 6) is -0.922. The molecule has 0 spiro atoms. The number of carboxylic acids is 1. The number of hydrogen-bond donors (Lipinski definition) is 4. The molecule has 0 radical (unpaired) electrons. The SMILES string of the molecule is NC(CCCCNC(=O)C1CCCN1)C(=O)O. The smallest absolute Gasteiger partial charge is 0.320 e. The van der Waals surface area contributed by atoms with Crippen molar-refractivity contribution < 1.29 is 14.7 Å². The standard InChI is InChI=1S/C11H21N3O3/c12-8(11(16)17)4-1-2-6-14-10(15)9-5-3-7-13-9/h8-9,13H,1-7,12H2,(H,14,15)(H,16,17). The lowest BCUT2D eigenvalue weighted by Gasteiger charge is -2.11. The molecule has 6 nitrogen and oxygen atoms in total. The minimum absolute atomic E-state index is 0.0451. The molecule has 0 aromatic heterocycles. The molecule has 2 unspecified atom stereocenters. The highest BCUT2D eigenvalue weighted by Crippen LogP contribution is 2.04. The first-order chi connectivity index (χ1) is 8.11. The number of carboxylic acid groups (broad SMARTS) is 1. The van der Waals surface area contributed by atoms with Gasteiger partial charge in [0, 0.05) is 6.54 Å². The van der Waals surface area contributed by atoms with Gasteiger partial charge in [-0.15, -0.1) is 0 Å². The molecule has 0 aromatic carbocycles. The van der Waals surface area contributed by atoms with Crippen LogP contribution in [-0.4, -0.2) is 42.2 Å². The third kappa shape index (κ3) is 5.14. The van der Waals surface area contributed by atoms with Crippen LogP contribution in [0.15, 0.2) is 0 Å². The van der Waals surface area contributed by atoms with E-state index in [1.165, 1.54) is 0 Å². The second kappa shape index (κ2) is 7.24. The van der Waals surface area contributed by atoms with Crippen LogP contribution in [0.3, 0.4) is 0 Å². The van der Waals surface area contributed by atoms with Crippen LogP contribution in [0.1, 0.15) is 32.1 Å². The van der Waals surface area contributed by atoms with E-state index in [1.54, 1.807) is 0 Å². The zero-order valence-corrected chi connectivity index (χ0v) is 9.95. The topological polar surface area (TPSA) is 104 Å². The summed E-state index contributed by atoms with van der Waals surface area (Å²) in [7, 11) is 0. The van der Waals surface area contributed by atoms with Crippen molar-refractivity contribution in [1.82, 2.24) is 10.6 Å². The monoisotopic (exact) mass is 243 g/mol. The van der Waals surface area contributed by atoms with Crippen molar-refractivity contribution in [2.24, 2.45) is 5.73 Å². The van der Waals surface area contributed by atoms with Crippen LogP contribution in [0.5, 0.6) is 0 Å². The van der Waals surface area contributed by atoms with Gasteiger partial charge in [0.2, 0.25) is 5.91 Å². The lowest BCUT2D eigenvalue weighted by Crippen LogP contribution is -2.40. The first kappa shape index (κ1) is 13.9. The molecular formula is C11H21N3O3. The molecule has 0 saturated carbocycles. The van der Waals surface area contributed by atoms with Crippen molar-refractivity contribution >= 4 is 11.9 Å². The van der Waals surface area contributed by atoms with E-state index in [0.29, 0.717) is 19.4 Å². The average molecular weight is 243 g/mol. The van der Waals surface area contributed by atoms with Crippen LogP contribution in [0.25, 0.3) is 0 Å². The normalized spacial score (nSPS) is 21.1. The molecule has 1 rings (SSSR count). The third-order valence-corrected chi connectivity index (χ3v) is 2.94. The number of carbonyl (C=O) groups is 2. The minimum atomic E-state index is -0.968. The van der Waals surface area contributed by atoms with Crippen LogP contribution in [0, 0.1) is 0 Å². The van der Waals surface area contributed by atoms with E-state index in [1.807, 2.05) is 0 Å². The highest BCUT2D eigenvalue weighted by atomic mass is 16.4. The van der Waals surface area contributed by atoms with Crippen molar-refractivity contribution in [2.75, 3.05) is 13.1 Å². The van der Waals surface area contributed by atoms with Crippen LogP contribution < -0.4 is 16.4 Å². The Balaban J connectivity index is 2.00. The van der Waals surface area contributed by atoms with Gasteiger partial charge in [-0.05, 0) is 38.6 Å². The lowest BCUT2D eigenvalue weighted by molar-refractivity contribution is -0.138. The first-order valence-electron chi connectivity index (χ1n) is 6.10. The number of amides is 1. The summed E-state index contributed by atoms with van der Waals surface area (Å²) in [5.41, 5.74) is 5.36. The fourth-order valence-corrected chi connectivity index (χ4v) is 1.86. The van der Waals surface area contributed by atoms with Gasteiger partial charge in [0.05, 0.1) is 6.04 Å². The number of carbonyl (C=O) groups excluding carboxylic acids is 1. The van der Waals surface area contributed by atoms with Crippen molar-refractivity contribution in [3.63, 3.8) is 0 Å². The Hall–Kier alpha value is -1.14. The summed E-state index contributed by atoms with van der Waals surface area (Å²) in [4.78, 5) is 22.0. The molecule has 1 aliphatic rings. The highest BCUT2D eigenvalue weighted by Gasteiger charge is 2.21. The van der Waals surface area contributed by atoms with Gasteiger partial charge in [-0.3, -0.25) is 9.59 Å². The molecule has 98 valence electrons. The number of nitrogens with two attached hydrogens (primary N) is 1. The van der Waals surface area contributed by atoms with Gasteiger partial charge in [-0.2, -0.15) is 0 Å². The van der Waals surface area contributed by atoms with Gasteiger partial charge in [-0.1, -0.05) is 0 Å². The molecule has 17 heavy (non-hydrogen) atoms. The van der Waals surface area contributed by atoms with Gasteiger partial charge in [0.15, 0.2) is 0 Å². The molecule has 6 heteroatoms. The summed E-state index contributed by atoms with van der Waals surface area (Å²) in [6, 6.07) is -0.835. The Morgan fingerprint density at radius 2 is 2.24 bits per heavy atom. The Morgan fingerprint density at radius 3 is 2.82 bits per heavy atom. The summed E-state index contributed by atoms with van der Waals surface area (Å²) < 4.78 is 0. The largest absolute Gasteiger partial charge is 0.480 e. The first-order valence-corrected chi connectivity index (χ1v) is 6.10. The molecule has 0 bridgehead atoms. The Bertz CT molecular complexity index is 265. The second-order valence-corrected chi connectivity index (χ2v) is 4.38. The number of unbranched alkanes of at least 4 members (excludes halogenated alkanes) is 1. The Kier molecular flexibility index (Phi) is 5.93. The number of aliphatic carboxylic acids is 1. The zero-order chi connectivity index (χ0) is 12.7. The van der Waals surface area contributed by atoms with Crippen molar-refractivity contribution in [1.29, 1.82) is 0 Å². The van der Waals surface area contributed by atoms with Gasteiger partial charge >= 0.3 is 5.97 Å². The number of rotatable bonds is 7. The quantitative estimate of drug-likeness (QED) is 0.449. The van der Waals surface area contributed by atoms with E-state index in [9.17, 15) is 9.59 Å². The average Bonchev–Trinajstić information content (AvgIpc) is 2.81. The van der Waals surface area contributed by atoms with Gasteiger partial charge in [-0.25, -0.2) is 0 Å². The fraction of sp³-hybridized carbons (Fsp3) is 0.818. The Labute approximate surface area is 101 Å². The second-order valence-electron chi connectivity index (χ2n) is 4.38. The fourth-order valence-electron chi connectivity index (χ4n) is 1.86. The molecule has 0 aliphatic carbocycles. The Morgan fingerprint density at radius 1 is 1.47 bits per heavy atom. The van der Waals surface area contributed by atoms with E-state index in [4.69, 9.17) is 10.8 Å². The number of hydrogen-bond acceptors (Lipinski definition) is 4. The molecular weight excluding hydrogens is 222 g/mol. The van der Waals surface area contributed by atoms with E-state index >= 15 is 0 Å². The number of nitrogens with one attached hydrogen (secondary N) is 2. The van der Waals surface area contributed by atoms with E-state index in [0.717, 1.165) is 25.8 Å². The van der Waals surface area contributed by atoms with Gasteiger partial charge < -0.3 is 21.5 Å². The summed E-state index contributed by atoms with van der Waals surface area (Å²) in [6.45, 7) is 1.49. The van der Waals surface area contributed by atoms with Crippen LogP contribution in [0.4, 0.5) is 0 Å². The molecule has 1 fully saturated rings.